The Balaban J connectivity index is 2.53. The van der Waals surface area contributed by atoms with E-state index < -0.39 is 20.3 Å². The molecule has 0 fully saturated rings. The molecule has 2 rings (SSSR count). The van der Waals surface area contributed by atoms with Crippen molar-refractivity contribution in [2.45, 2.75) is 51.9 Å². The summed E-state index contributed by atoms with van der Waals surface area (Å²) in [6.07, 6.45) is 0. The molecular formula is C27H39NO6Si. The van der Waals surface area contributed by atoms with Crippen LogP contribution in [-0.2, 0) is 9.53 Å². The first-order chi connectivity index (χ1) is 16.4. The standard InChI is InChI=1S/C27H39NO6Si/c1-11-33-26(29)18(2)24(28-20-16-22(30-6)25(32-8)23(17-20)31-7)19-13-12-14-21(15-19)34-35(9,10)27(3,4)5/h12-17,24,28H,2,11H2,1,3-10H3/t24-/m1/s1. The molecule has 0 saturated heterocycles. The van der Waals surface area contributed by atoms with E-state index >= 15 is 0 Å². The van der Waals surface area contributed by atoms with Gasteiger partial charge in [-0.1, -0.05) is 39.5 Å². The Morgan fingerprint density at radius 1 is 1.03 bits per heavy atom. The van der Waals surface area contributed by atoms with Gasteiger partial charge in [0, 0.05) is 17.8 Å². The largest absolute Gasteiger partial charge is 0.543 e. The number of carbonyl (C=O) groups is 1. The minimum absolute atomic E-state index is 0.0470. The third kappa shape index (κ3) is 6.72. The van der Waals surface area contributed by atoms with E-state index in [9.17, 15) is 4.79 Å². The van der Waals surface area contributed by atoms with Crippen molar-refractivity contribution in [2.75, 3.05) is 33.3 Å². The van der Waals surface area contributed by atoms with Crippen molar-refractivity contribution >= 4 is 20.0 Å². The van der Waals surface area contributed by atoms with Gasteiger partial charge in [-0.3, -0.25) is 0 Å². The molecule has 0 aliphatic heterocycles. The number of hydrogen-bond donors (Lipinski definition) is 1. The number of hydrogen-bond acceptors (Lipinski definition) is 7. The Morgan fingerprint density at radius 2 is 1.63 bits per heavy atom. The summed E-state index contributed by atoms with van der Waals surface area (Å²) < 4.78 is 28.2. The van der Waals surface area contributed by atoms with Gasteiger partial charge in [0.2, 0.25) is 14.1 Å². The Labute approximate surface area is 210 Å². The molecule has 8 heteroatoms. The van der Waals surface area contributed by atoms with Crippen LogP contribution in [0.1, 0.15) is 39.3 Å². The second-order valence-corrected chi connectivity index (χ2v) is 14.4. The number of anilines is 1. The molecule has 0 aromatic heterocycles. The van der Waals surface area contributed by atoms with Crippen LogP contribution in [0.2, 0.25) is 18.1 Å². The van der Waals surface area contributed by atoms with E-state index in [-0.39, 0.29) is 17.2 Å². The molecule has 1 atom stereocenters. The zero-order chi connectivity index (χ0) is 26.4. The second-order valence-electron chi connectivity index (χ2n) is 9.67. The molecule has 0 saturated carbocycles. The summed E-state index contributed by atoms with van der Waals surface area (Å²) in [5, 5.41) is 3.44. The quantitative estimate of drug-likeness (QED) is 0.218. The molecule has 0 aliphatic carbocycles. The smallest absolute Gasteiger partial charge is 0.335 e. The van der Waals surface area contributed by atoms with Crippen LogP contribution in [0.15, 0.2) is 48.6 Å². The lowest BCUT2D eigenvalue weighted by molar-refractivity contribution is -0.138. The molecule has 0 spiro atoms. The van der Waals surface area contributed by atoms with Crippen LogP contribution in [0.3, 0.4) is 0 Å². The Hall–Kier alpha value is -3.13. The van der Waals surface area contributed by atoms with Gasteiger partial charge in [-0.05, 0) is 42.8 Å². The van der Waals surface area contributed by atoms with Gasteiger partial charge in [0.25, 0.3) is 0 Å². The minimum Gasteiger partial charge on any atom is -0.543 e. The first kappa shape index (κ1) is 28.1. The molecule has 2 aromatic carbocycles. The van der Waals surface area contributed by atoms with Crippen molar-refractivity contribution in [3.05, 3.63) is 54.1 Å². The summed E-state index contributed by atoms with van der Waals surface area (Å²) in [7, 11) is 2.60. The van der Waals surface area contributed by atoms with Gasteiger partial charge >= 0.3 is 5.97 Å². The van der Waals surface area contributed by atoms with Crippen LogP contribution in [0.5, 0.6) is 23.0 Å². The fourth-order valence-electron chi connectivity index (χ4n) is 3.25. The van der Waals surface area contributed by atoms with Crippen LogP contribution in [0, 0.1) is 0 Å². The lowest BCUT2D eigenvalue weighted by Crippen LogP contribution is -2.43. The molecule has 2 aromatic rings. The van der Waals surface area contributed by atoms with Crippen LogP contribution in [0.25, 0.3) is 0 Å². The van der Waals surface area contributed by atoms with E-state index in [4.69, 9.17) is 23.4 Å². The maximum Gasteiger partial charge on any atom is 0.335 e. The number of methoxy groups -OCH3 is 3. The molecule has 0 amide bonds. The predicted molar refractivity (Wildman–Crippen MR) is 143 cm³/mol. The van der Waals surface area contributed by atoms with Crippen molar-refractivity contribution in [1.29, 1.82) is 0 Å². The summed E-state index contributed by atoms with van der Waals surface area (Å²) in [6.45, 7) is 17.0. The molecule has 0 radical (unpaired) electrons. The molecule has 0 aliphatic rings. The lowest BCUT2D eigenvalue weighted by Gasteiger charge is -2.36. The molecule has 7 nitrogen and oxygen atoms in total. The number of ether oxygens (including phenoxy) is 4. The highest BCUT2D eigenvalue weighted by Crippen LogP contribution is 2.42. The van der Waals surface area contributed by atoms with E-state index in [1.165, 1.54) is 0 Å². The normalized spacial score (nSPS) is 12.4. The summed E-state index contributed by atoms with van der Waals surface area (Å²) in [6, 6.07) is 10.7. The van der Waals surface area contributed by atoms with Gasteiger partial charge in [0.05, 0.1) is 39.6 Å². The van der Waals surface area contributed by atoms with Gasteiger partial charge in [-0.2, -0.15) is 0 Å². The van der Waals surface area contributed by atoms with E-state index in [0.29, 0.717) is 22.9 Å². The molecule has 0 bridgehead atoms. The van der Waals surface area contributed by atoms with E-state index in [0.717, 1.165) is 11.3 Å². The van der Waals surface area contributed by atoms with Crippen LogP contribution in [0.4, 0.5) is 5.69 Å². The second kappa shape index (κ2) is 11.5. The first-order valence-corrected chi connectivity index (χ1v) is 14.5. The highest BCUT2D eigenvalue weighted by Gasteiger charge is 2.39. The first-order valence-electron chi connectivity index (χ1n) is 11.6. The lowest BCUT2D eigenvalue weighted by atomic mass is 9.99. The number of carbonyl (C=O) groups excluding carboxylic acids is 1. The maximum atomic E-state index is 12.7. The monoisotopic (exact) mass is 501 g/mol. The zero-order valence-corrected chi connectivity index (χ0v) is 23.4. The Morgan fingerprint density at radius 3 is 2.11 bits per heavy atom. The predicted octanol–water partition coefficient (Wildman–Crippen LogP) is 6.37. The van der Waals surface area contributed by atoms with Gasteiger partial charge in [-0.15, -0.1) is 0 Å². The Bertz CT molecular complexity index is 1020. The molecule has 35 heavy (non-hydrogen) atoms. The minimum atomic E-state index is -2.06. The average molecular weight is 502 g/mol. The molecule has 192 valence electrons. The van der Waals surface area contributed by atoms with E-state index in [1.54, 1.807) is 40.4 Å². The van der Waals surface area contributed by atoms with Crippen molar-refractivity contribution in [3.8, 4) is 23.0 Å². The van der Waals surface area contributed by atoms with Crippen molar-refractivity contribution in [1.82, 2.24) is 0 Å². The van der Waals surface area contributed by atoms with Crippen molar-refractivity contribution < 1.29 is 28.2 Å². The zero-order valence-electron chi connectivity index (χ0n) is 22.4. The number of rotatable bonds is 11. The fraction of sp³-hybridized carbons (Fsp3) is 0.444. The molecule has 0 heterocycles. The third-order valence-electron chi connectivity index (χ3n) is 6.23. The topological polar surface area (TPSA) is 75.3 Å². The van der Waals surface area contributed by atoms with Crippen molar-refractivity contribution in [2.24, 2.45) is 0 Å². The number of nitrogens with one attached hydrogen (secondary N) is 1. The third-order valence-corrected chi connectivity index (χ3v) is 10.6. The highest BCUT2D eigenvalue weighted by atomic mass is 28.4. The summed E-state index contributed by atoms with van der Waals surface area (Å²) in [5.41, 5.74) is 1.74. The molecule has 1 N–H and O–H groups in total. The van der Waals surface area contributed by atoms with Crippen LogP contribution in [-0.4, -0.2) is 42.2 Å². The van der Waals surface area contributed by atoms with Crippen molar-refractivity contribution in [3.63, 3.8) is 0 Å². The highest BCUT2D eigenvalue weighted by molar-refractivity contribution is 6.74. The fourth-order valence-corrected chi connectivity index (χ4v) is 4.27. The average Bonchev–Trinajstić information content (AvgIpc) is 2.80. The van der Waals surface area contributed by atoms with E-state index in [1.807, 2.05) is 24.3 Å². The van der Waals surface area contributed by atoms with Gasteiger partial charge < -0.3 is 28.7 Å². The SMILES string of the molecule is C=C(C(=O)OCC)[C@@H](Nc1cc(OC)c(OC)c(OC)c1)c1cccc(O[Si](C)(C)C(C)(C)C)c1. The van der Waals surface area contributed by atoms with E-state index in [2.05, 4.69) is 45.8 Å². The molecular weight excluding hydrogens is 462 g/mol. The summed E-state index contributed by atoms with van der Waals surface area (Å²) in [4.78, 5) is 12.7. The number of benzene rings is 2. The number of esters is 1. The molecule has 0 unspecified atom stereocenters. The summed E-state index contributed by atoms with van der Waals surface area (Å²) >= 11 is 0. The van der Waals surface area contributed by atoms with Crippen LogP contribution >= 0.6 is 0 Å². The van der Waals surface area contributed by atoms with Gasteiger partial charge in [-0.25, -0.2) is 4.79 Å². The Kier molecular flexibility index (Phi) is 9.26. The summed E-state index contributed by atoms with van der Waals surface area (Å²) in [5.74, 6) is 1.73. The van der Waals surface area contributed by atoms with Gasteiger partial charge in [0.1, 0.15) is 5.75 Å². The van der Waals surface area contributed by atoms with Crippen LogP contribution < -0.4 is 24.0 Å². The van der Waals surface area contributed by atoms with Gasteiger partial charge in [0.15, 0.2) is 11.5 Å². The maximum absolute atomic E-state index is 12.7.